The molecule has 1 aliphatic heterocycles. The third-order valence-corrected chi connectivity index (χ3v) is 4.12. The van der Waals surface area contributed by atoms with Crippen LogP contribution < -0.4 is 15.0 Å². The zero-order valence-corrected chi connectivity index (χ0v) is 13.6. The van der Waals surface area contributed by atoms with Crippen LogP contribution in [0.4, 0.5) is 10.5 Å². The topological polar surface area (TPSA) is 58.6 Å². The van der Waals surface area contributed by atoms with Gasteiger partial charge in [-0.2, -0.15) is 0 Å². The van der Waals surface area contributed by atoms with E-state index in [0.29, 0.717) is 18.7 Å². The van der Waals surface area contributed by atoms with Crippen LogP contribution in [-0.2, 0) is 17.6 Å². The minimum atomic E-state index is -0.454. The van der Waals surface area contributed by atoms with E-state index in [1.807, 2.05) is 30.3 Å². The Bertz CT molecular complexity index is 744. The Labute approximate surface area is 141 Å². The van der Waals surface area contributed by atoms with Crippen molar-refractivity contribution < 1.29 is 14.3 Å². The van der Waals surface area contributed by atoms with Crippen molar-refractivity contribution in [3.8, 4) is 5.75 Å². The number of rotatable bonds is 4. The van der Waals surface area contributed by atoms with Crippen LogP contribution in [0.5, 0.6) is 5.75 Å². The van der Waals surface area contributed by atoms with Gasteiger partial charge in [0.2, 0.25) is 5.91 Å². The van der Waals surface area contributed by atoms with Crippen LogP contribution in [0.25, 0.3) is 0 Å². The lowest BCUT2D eigenvalue weighted by Gasteiger charge is -2.26. The Balaban J connectivity index is 1.52. The minimum Gasteiger partial charge on any atom is -0.410 e. The SMILES string of the molecule is CN1C(=O)CCc2cc(CCNC(=O)Oc3ccccc3)ccc21. The van der Waals surface area contributed by atoms with Crippen LogP contribution in [0.3, 0.4) is 0 Å². The molecule has 2 aromatic carbocycles. The number of benzene rings is 2. The first-order valence-electron chi connectivity index (χ1n) is 8.02. The molecule has 1 aliphatic rings. The van der Waals surface area contributed by atoms with Crippen LogP contribution in [0.2, 0.25) is 0 Å². The zero-order valence-electron chi connectivity index (χ0n) is 13.6. The molecule has 0 aromatic heterocycles. The summed E-state index contributed by atoms with van der Waals surface area (Å²) in [5.41, 5.74) is 3.30. The first-order chi connectivity index (χ1) is 11.6. The fourth-order valence-corrected chi connectivity index (χ4v) is 2.81. The third kappa shape index (κ3) is 3.74. The average Bonchev–Trinajstić information content (AvgIpc) is 2.59. The smallest absolute Gasteiger partial charge is 0.410 e. The molecule has 2 aromatic rings. The number of para-hydroxylation sites is 1. The average molecular weight is 324 g/mol. The molecule has 1 heterocycles. The van der Waals surface area contributed by atoms with Gasteiger partial charge in [-0.3, -0.25) is 4.79 Å². The van der Waals surface area contributed by atoms with Gasteiger partial charge in [0, 0.05) is 25.7 Å². The lowest BCUT2D eigenvalue weighted by molar-refractivity contribution is -0.118. The van der Waals surface area contributed by atoms with E-state index in [1.54, 1.807) is 24.1 Å². The molecule has 3 rings (SSSR count). The number of carbonyl (C=O) groups is 2. The van der Waals surface area contributed by atoms with Crippen molar-refractivity contribution >= 4 is 17.7 Å². The summed E-state index contributed by atoms with van der Waals surface area (Å²) in [5, 5.41) is 2.75. The molecule has 24 heavy (non-hydrogen) atoms. The monoisotopic (exact) mass is 324 g/mol. The van der Waals surface area contributed by atoms with Crippen LogP contribution >= 0.6 is 0 Å². The van der Waals surface area contributed by atoms with E-state index in [2.05, 4.69) is 11.4 Å². The van der Waals surface area contributed by atoms with Gasteiger partial charge < -0.3 is 15.0 Å². The van der Waals surface area contributed by atoms with Crippen LogP contribution in [0.15, 0.2) is 48.5 Å². The maximum Gasteiger partial charge on any atom is 0.412 e. The van der Waals surface area contributed by atoms with Crippen molar-refractivity contribution in [1.82, 2.24) is 5.32 Å². The molecule has 5 nitrogen and oxygen atoms in total. The maximum atomic E-state index is 11.7. The van der Waals surface area contributed by atoms with E-state index in [0.717, 1.165) is 24.1 Å². The second-order valence-corrected chi connectivity index (χ2v) is 5.80. The minimum absolute atomic E-state index is 0.153. The predicted molar refractivity (Wildman–Crippen MR) is 92.3 cm³/mol. The van der Waals surface area contributed by atoms with Crippen molar-refractivity contribution in [2.75, 3.05) is 18.5 Å². The second kappa shape index (κ2) is 7.17. The number of hydrogen-bond donors (Lipinski definition) is 1. The Hall–Kier alpha value is -2.82. The molecular formula is C19H20N2O3. The van der Waals surface area contributed by atoms with Crippen molar-refractivity contribution in [3.05, 3.63) is 59.7 Å². The van der Waals surface area contributed by atoms with Gasteiger partial charge >= 0.3 is 6.09 Å². The summed E-state index contributed by atoms with van der Waals surface area (Å²) in [6.07, 6.45) is 1.59. The molecule has 0 saturated heterocycles. The fourth-order valence-electron chi connectivity index (χ4n) is 2.81. The van der Waals surface area contributed by atoms with E-state index in [1.165, 1.54) is 5.56 Å². The normalized spacial score (nSPS) is 13.4. The van der Waals surface area contributed by atoms with Gasteiger partial charge in [0.05, 0.1) is 0 Å². The molecule has 1 N–H and O–H groups in total. The van der Waals surface area contributed by atoms with Crippen LogP contribution in [0.1, 0.15) is 17.5 Å². The molecule has 0 bridgehead atoms. The van der Waals surface area contributed by atoms with E-state index < -0.39 is 6.09 Å². The third-order valence-electron chi connectivity index (χ3n) is 4.12. The molecule has 124 valence electrons. The Morgan fingerprint density at radius 3 is 2.75 bits per heavy atom. The summed E-state index contributed by atoms with van der Waals surface area (Å²) in [6, 6.07) is 15.1. The van der Waals surface area contributed by atoms with E-state index in [9.17, 15) is 9.59 Å². The molecule has 0 fully saturated rings. The van der Waals surface area contributed by atoms with Crippen LogP contribution in [0, 0.1) is 0 Å². The zero-order chi connectivity index (χ0) is 16.9. The molecular weight excluding hydrogens is 304 g/mol. The van der Waals surface area contributed by atoms with Gasteiger partial charge in [-0.25, -0.2) is 4.79 Å². The number of anilines is 1. The molecule has 0 saturated carbocycles. The highest BCUT2D eigenvalue weighted by Gasteiger charge is 2.20. The van der Waals surface area contributed by atoms with Crippen molar-refractivity contribution in [2.24, 2.45) is 0 Å². The van der Waals surface area contributed by atoms with E-state index in [4.69, 9.17) is 4.74 Å². The summed E-state index contributed by atoms with van der Waals surface area (Å²) >= 11 is 0. The number of amides is 2. The van der Waals surface area contributed by atoms with Crippen molar-refractivity contribution in [1.29, 1.82) is 0 Å². The number of aryl methyl sites for hydroxylation is 1. The first kappa shape index (κ1) is 16.1. The standard InChI is InChI=1S/C19H20N2O3/c1-21-17-9-7-14(13-15(17)8-10-18(21)22)11-12-20-19(23)24-16-5-3-2-4-6-16/h2-7,9,13H,8,10-12H2,1H3,(H,20,23). The number of fused-ring (bicyclic) bond motifs is 1. The summed E-state index contributed by atoms with van der Waals surface area (Å²) in [5.74, 6) is 0.678. The summed E-state index contributed by atoms with van der Waals surface area (Å²) < 4.78 is 5.17. The maximum absolute atomic E-state index is 11.7. The Morgan fingerprint density at radius 1 is 1.17 bits per heavy atom. The predicted octanol–water partition coefficient (Wildman–Crippen LogP) is 2.93. The Morgan fingerprint density at radius 2 is 1.96 bits per heavy atom. The number of hydrogen-bond acceptors (Lipinski definition) is 3. The lowest BCUT2D eigenvalue weighted by atomic mass is 9.98. The second-order valence-electron chi connectivity index (χ2n) is 5.80. The number of nitrogens with one attached hydrogen (secondary N) is 1. The Kier molecular flexibility index (Phi) is 4.79. The molecule has 5 heteroatoms. The largest absolute Gasteiger partial charge is 0.412 e. The molecule has 0 radical (unpaired) electrons. The molecule has 0 atom stereocenters. The first-order valence-corrected chi connectivity index (χ1v) is 8.02. The van der Waals surface area contributed by atoms with Gasteiger partial charge in [0.1, 0.15) is 5.75 Å². The molecule has 0 spiro atoms. The van der Waals surface area contributed by atoms with Gasteiger partial charge in [-0.05, 0) is 42.2 Å². The van der Waals surface area contributed by atoms with E-state index >= 15 is 0 Å². The highest BCUT2D eigenvalue weighted by Crippen LogP contribution is 2.27. The van der Waals surface area contributed by atoms with Crippen molar-refractivity contribution in [3.63, 3.8) is 0 Å². The number of ether oxygens (including phenoxy) is 1. The van der Waals surface area contributed by atoms with Gasteiger partial charge in [-0.1, -0.05) is 30.3 Å². The number of nitrogens with zero attached hydrogens (tertiary/aromatic N) is 1. The van der Waals surface area contributed by atoms with Gasteiger partial charge in [0.25, 0.3) is 0 Å². The van der Waals surface area contributed by atoms with Gasteiger partial charge in [-0.15, -0.1) is 0 Å². The summed E-state index contributed by atoms with van der Waals surface area (Å²) in [7, 11) is 1.81. The highest BCUT2D eigenvalue weighted by molar-refractivity contribution is 5.95. The lowest BCUT2D eigenvalue weighted by Crippen LogP contribution is -2.31. The summed E-state index contributed by atoms with van der Waals surface area (Å²) in [4.78, 5) is 25.1. The molecule has 0 aliphatic carbocycles. The highest BCUT2D eigenvalue weighted by atomic mass is 16.6. The number of carbonyl (C=O) groups excluding carboxylic acids is 2. The summed E-state index contributed by atoms with van der Waals surface area (Å²) in [6.45, 7) is 0.499. The van der Waals surface area contributed by atoms with Crippen molar-refractivity contribution in [2.45, 2.75) is 19.3 Å². The van der Waals surface area contributed by atoms with Gasteiger partial charge in [0.15, 0.2) is 0 Å². The quantitative estimate of drug-likeness (QED) is 0.941. The molecule has 0 unspecified atom stereocenters. The van der Waals surface area contributed by atoms with Crippen LogP contribution in [-0.4, -0.2) is 25.6 Å². The molecule has 2 amide bonds. The fraction of sp³-hybridized carbons (Fsp3) is 0.263. The van der Waals surface area contributed by atoms with E-state index in [-0.39, 0.29) is 5.91 Å².